The largest absolute Gasteiger partial charge is 0.494 e. The summed E-state index contributed by atoms with van der Waals surface area (Å²) in [4.78, 5) is 26.9. The Labute approximate surface area is 273 Å². The maximum atomic E-state index is 13.8. The summed E-state index contributed by atoms with van der Waals surface area (Å²) < 4.78 is 22.6. The lowest BCUT2D eigenvalue weighted by Crippen LogP contribution is -2.35. The molecular formula is C38H61NO6. The second-order valence-corrected chi connectivity index (χ2v) is 12.4. The van der Waals surface area contributed by atoms with Crippen molar-refractivity contribution < 1.29 is 28.5 Å². The molecule has 0 saturated carbocycles. The summed E-state index contributed by atoms with van der Waals surface area (Å²) in [6, 6.07) is 6.11. The van der Waals surface area contributed by atoms with Crippen molar-refractivity contribution in [1.82, 2.24) is 5.32 Å². The Hall–Kier alpha value is -2.80. The van der Waals surface area contributed by atoms with E-state index in [0.29, 0.717) is 19.6 Å². The fourth-order valence-corrected chi connectivity index (χ4v) is 6.24. The van der Waals surface area contributed by atoms with E-state index in [9.17, 15) is 9.59 Å². The molecule has 0 bridgehead atoms. The Kier molecular flexibility index (Phi) is 18.6. The van der Waals surface area contributed by atoms with Gasteiger partial charge in [-0.1, -0.05) is 96.1 Å². The van der Waals surface area contributed by atoms with Gasteiger partial charge in [-0.05, 0) is 64.2 Å². The van der Waals surface area contributed by atoms with Crippen LogP contribution < -0.4 is 10.1 Å². The Morgan fingerprint density at radius 1 is 0.822 bits per heavy atom. The number of carbonyl (C=O) groups excluding carboxylic acids is 2. The molecular weight excluding hydrogens is 566 g/mol. The zero-order chi connectivity index (χ0) is 33.0. The average Bonchev–Trinajstić information content (AvgIpc) is 3.01. The van der Waals surface area contributed by atoms with E-state index in [0.717, 1.165) is 47.4 Å². The van der Waals surface area contributed by atoms with Crippen LogP contribution in [0.1, 0.15) is 142 Å². The second kappa shape index (κ2) is 21.9. The maximum Gasteiger partial charge on any atom is 0.355 e. The number of esters is 2. The summed E-state index contributed by atoms with van der Waals surface area (Å²) in [6.45, 7) is 10.7. The highest BCUT2D eigenvalue weighted by Gasteiger charge is 2.40. The number of methoxy groups -OCH3 is 2. The number of aryl methyl sites for hydroxylation is 1. The molecule has 0 saturated heterocycles. The SMILES string of the molecule is CCCCCCCCCCCCCCCc1cccc(OCC)c1C1C(CCOC)=C(C)NC(C(=O)OC)=C1C(=O)OC(C)C. The van der Waals surface area contributed by atoms with Crippen molar-refractivity contribution in [2.24, 2.45) is 0 Å². The monoisotopic (exact) mass is 627 g/mol. The molecule has 45 heavy (non-hydrogen) atoms. The van der Waals surface area contributed by atoms with Gasteiger partial charge in [-0.15, -0.1) is 0 Å². The Morgan fingerprint density at radius 2 is 1.42 bits per heavy atom. The van der Waals surface area contributed by atoms with Crippen LogP contribution in [0.5, 0.6) is 5.75 Å². The molecule has 0 radical (unpaired) electrons. The Bertz CT molecular complexity index is 1110. The van der Waals surface area contributed by atoms with Crippen LogP contribution in [0.25, 0.3) is 0 Å². The topological polar surface area (TPSA) is 83.1 Å². The van der Waals surface area contributed by atoms with Crippen LogP contribution in [0, 0.1) is 0 Å². The lowest BCUT2D eigenvalue weighted by atomic mass is 9.76. The molecule has 1 atom stereocenters. The lowest BCUT2D eigenvalue weighted by Gasteiger charge is -2.34. The molecule has 7 heteroatoms. The summed E-state index contributed by atoms with van der Waals surface area (Å²) in [5.74, 6) is -0.962. The van der Waals surface area contributed by atoms with E-state index in [1.165, 1.54) is 77.7 Å². The summed E-state index contributed by atoms with van der Waals surface area (Å²) in [6.07, 6.45) is 18.0. The molecule has 2 rings (SSSR count). The molecule has 1 unspecified atom stereocenters. The first-order chi connectivity index (χ1) is 21.8. The molecule has 1 aliphatic heterocycles. The van der Waals surface area contributed by atoms with E-state index in [1.807, 2.05) is 39.8 Å². The normalized spacial score (nSPS) is 15.0. The van der Waals surface area contributed by atoms with Crippen molar-refractivity contribution in [2.75, 3.05) is 27.4 Å². The van der Waals surface area contributed by atoms with Crippen molar-refractivity contribution in [3.8, 4) is 5.75 Å². The molecule has 0 spiro atoms. The minimum absolute atomic E-state index is 0.116. The van der Waals surface area contributed by atoms with Crippen LogP contribution in [0.2, 0.25) is 0 Å². The number of allylic oxidation sites excluding steroid dienone is 1. The van der Waals surface area contributed by atoms with Gasteiger partial charge in [-0.3, -0.25) is 0 Å². The van der Waals surface area contributed by atoms with Crippen molar-refractivity contribution in [3.63, 3.8) is 0 Å². The van der Waals surface area contributed by atoms with E-state index >= 15 is 0 Å². The molecule has 0 aliphatic carbocycles. The number of dihydropyridines is 1. The van der Waals surface area contributed by atoms with Gasteiger partial charge >= 0.3 is 11.9 Å². The third-order valence-corrected chi connectivity index (χ3v) is 8.52. The Morgan fingerprint density at radius 3 is 1.96 bits per heavy atom. The van der Waals surface area contributed by atoms with E-state index in [2.05, 4.69) is 18.3 Å². The number of rotatable bonds is 23. The van der Waals surface area contributed by atoms with Crippen LogP contribution in [-0.2, 0) is 30.2 Å². The number of benzene rings is 1. The first kappa shape index (κ1) is 38.4. The molecule has 254 valence electrons. The van der Waals surface area contributed by atoms with Gasteiger partial charge in [0.1, 0.15) is 11.4 Å². The summed E-state index contributed by atoms with van der Waals surface area (Å²) in [5, 5.41) is 3.18. The highest BCUT2D eigenvalue weighted by Crippen LogP contribution is 2.46. The molecule has 0 aromatic heterocycles. The zero-order valence-electron chi connectivity index (χ0n) is 29.4. The molecule has 0 fully saturated rings. The molecule has 7 nitrogen and oxygen atoms in total. The number of ether oxygens (including phenoxy) is 4. The molecule has 1 aliphatic rings. The van der Waals surface area contributed by atoms with Crippen molar-refractivity contribution in [1.29, 1.82) is 0 Å². The number of nitrogens with one attached hydrogen (secondary N) is 1. The fourth-order valence-electron chi connectivity index (χ4n) is 6.24. The average molecular weight is 628 g/mol. The van der Waals surface area contributed by atoms with Gasteiger partial charge in [0.15, 0.2) is 0 Å². The van der Waals surface area contributed by atoms with E-state index in [-0.39, 0.29) is 17.4 Å². The quantitative estimate of drug-likeness (QED) is 0.0957. The van der Waals surface area contributed by atoms with Crippen LogP contribution in [0.15, 0.2) is 40.7 Å². The van der Waals surface area contributed by atoms with Gasteiger partial charge < -0.3 is 24.3 Å². The van der Waals surface area contributed by atoms with E-state index in [1.54, 1.807) is 7.11 Å². The molecule has 1 aromatic carbocycles. The smallest absolute Gasteiger partial charge is 0.355 e. The first-order valence-corrected chi connectivity index (χ1v) is 17.5. The lowest BCUT2D eigenvalue weighted by molar-refractivity contribution is -0.144. The second-order valence-electron chi connectivity index (χ2n) is 12.4. The summed E-state index contributed by atoms with van der Waals surface area (Å²) in [5.41, 5.74) is 4.19. The van der Waals surface area contributed by atoms with Gasteiger partial charge in [-0.2, -0.15) is 0 Å². The summed E-state index contributed by atoms with van der Waals surface area (Å²) >= 11 is 0. The minimum Gasteiger partial charge on any atom is -0.494 e. The van der Waals surface area contributed by atoms with Crippen LogP contribution in [-0.4, -0.2) is 45.5 Å². The maximum absolute atomic E-state index is 13.8. The predicted molar refractivity (Wildman–Crippen MR) is 182 cm³/mol. The highest BCUT2D eigenvalue weighted by molar-refractivity contribution is 6.02. The van der Waals surface area contributed by atoms with E-state index < -0.39 is 17.9 Å². The van der Waals surface area contributed by atoms with Gasteiger partial charge in [0.25, 0.3) is 0 Å². The molecule has 1 aromatic rings. The molecule has 1 heterocycles. The number of hydrogen-bond acceptors (Lipinski definition) is 7. The standard InChI is InChI=1S/C38H61NO6/c1-8-10-11-12-13-14-15-16-17-18-19-20-21-23-30-24-22-25-32(44-9-2)33(30)34-31(26-27-42-6)29(5)39-36(38(41)43-7)35(34)37(40)45-28(3)4/h22,24-25,28,34,39H,8-21,23,26-27H2,1-7H3. The number of carbonyl (C=O) groups is 2. The van der Waals surface area contributed by atoms with Crippen molar-refractivity contribution >= 4 is 11.9 Å². The third-order valence-electron chi connectivity index (χ3n) is 8.52. The predicted octanol–water partition coefficient (Wildman–Crippen LogP) is 9.10. The van der Waals surface area contributed by atoms with Gasteiger partial charge in [0.2, 0.25) is 0 Å². The van der Waals surface area contributed by atoms with Crippen LogP contribution in [0.3, 0.4) is 0 Å². The van der Waals surface area contributed by atoms with E-state index in [4.69, 9.17) is 18.9 Å². The molecule has 0 amide bonds. The fraction of sp³-hybridized carbons (Fsp3) is 0.684. The van der Waals surface area contributed by atoms with Crippen molar-refractivity contribution in [3.05, 3.63) is 51.9 Å². The third kappa shape index (κ3) is 12.5. The minimum atomic E-state index is -0.604. The highest BCUT2D eigenvalue weighted by atomic mass is 16.5. The van der Waals surface area contributed by atoms with Crippen LogP contribution >= 0.6 is 0 Å². The Balaban J connectivity index is 2.29. The zero-order valence-corrected chi connectivity index (χ0v) is 29.4. The van der Waals surface area contributed by atoms with Gasteiger partial charge in [0, 0.05) is 24.3 Å². The molecule has 1 N–H and O–H groups in total. The number of unbranched alkanes of at least 4 members (excludes halogenated alkanes) is 12. The number of hydrogen-bond donors (Lipinski definition) is 1. The van der Waals surface area contributed by atoms with Crippen molar-refractivity contribution in [2.45, 2.75) is 143 Å². The van der Waals surface area contributed by atoms with Crippen LogP contribution in [0.4, 0.5) is 0 Å². The van der Waals surface area contributed by atoms with Gasteiger partial charge in [0.05, 0.1) is 32.0 Å². The first-order valence-electron chi connectivity index (χ1n) is 17.5. The van der Waals surface area contributed by atoms with Gasteiger partial charge in [-0.25, -0.2) is 9.59 Å². The summed E-state index contributed by atoms with van der Waals surface area (Å²) in [7, 11) is 2.99.